The van der Waals surface area contributed by atoms with Crippen molar-refractivity contribution in [3.8, 4) is 0 Å². The molecule has 0 unspecified atom stereocenters. The maximum absolute atomic E-state index is 4.24. The molecule has 0 saturated carbocycles. The molecule has 0 radical (unpaired) electrons. The summed E-state index contributed by atoms with van der Waals surface area (Å²) in [6, 6.07) is 0. The Labute approximate surface area is 62.2 Å². The molecule has 0 N–H and O–H groups in total. The molecule has 0 saturated heterocycles. The SMILES string of the molecule is CCC1=CN=C(C)C=CC1. The van der Waals surface area contributed by atoms with Gasteiger partial charge in [-0.05, 0) is 31.4 Å². The highest BCUT2D eigenvalue weighted by Crippen LogP contribution is 2.10. The fourth-order valence-electron chi connectivity index (χ4n) is 0.905. The minimum Gasteiger partial charge on any atom is -0.262 e. The van der Waals surface area contributed by atoms with E-state index in [1.165, 1.54) is 5.57 Å². The molecule has 10 heavy (non-hydrogen) atoms. The van der Waals surface area contributed by atoms with E-state index in [1.807, 2.05) is 13.1 Å². The Morgan fingerprint density at radius 3 is 3.10 bits per heavy atom. The van der Waals surface area contributed by atoms with Crippen LogP contribution in [0.4, 0.5) is 0 Å². The Morgan fingerprint density at radius 1 is 1.60 bits per heavy atom. The van der Waals surface area contributed by atoms with Gasteiger partial charge in [0.15, 0.2) is 0 Å². The molecular formula is C9H13N. The molecule has 1 heterocycles. The summed E-state index contributed by atoms with van der Waals surface area (Å²) in [6.45, 7) is 4.18. The first-order valence-corrected chi connectivity index (χ1v) is 3.71. The van der Waals surface area contributed by atoms with Crippen LogP contribution in [-0.4, -0.2) is 5.71 Å². The second-order valence-electron chi connectivity index (χ2n) is 2.52. The van der Waals surface area contributed by atoms with Gasteiger partial charge < -0.3 is 0 Å². The Balaban J connectivity index is 2.74. The van der Waals surface area contributed by atoms with E-state index in [2.05, 4.69) is 24.1 Å². The third-order valence-electron chi connectivity index (χ3n) is 1.64. The van der Waals surface area contributed by atoms with E-state index in [9.17, 15) is 0 Å². The van der Waals surface area contributed by atoms with Gasteiger partial charge in [-0.15, -0.1) is 0 Å². The molecule has 0 aromatic heterocycles. The van der Waals surface area contributed by atoms with Crippen molar-refractivity contribution in [1.29, 1.82) is 0 Å². The van der Waals surface area contributed by atoms with Crippen molar-refractivity contribution < 1.29 is 0 Å². The minimum atomic E-state index is 1.07. The van der Waals surface area contributed by atoms with Gasteiger partial charge in [-0.3, -0.25) is 4.99 Å². The van der Waals surface area contributed by atoms with E-state index < -0.39 is 0 Å². The maximum Gasteiger partial charge on any atom is 0.0369 e. The molecule has 0 aliphatic carbocycles. The van der Waals surface area contributed by atoms with Crippen LogP contribution in [0.3, 0.4) is 0 Å². The third kappa shape index (κ3) is 1.83. The van der Waals surface area contributed by atoms with Crippen LogP contribution in [0.5, 0.6) is 0 Å². The zero-order chi connectivity index (χ0) is 7.40. The highest BCUT2D eigenvalue weighted by Gasteiger charge is 1.93. The number of aliphatic imine (C=N–C) groups is 1. The summed E-state index contributed by atoms with van der Waals surface area (Å²) < 4.78 is 0. The highest BCUT2D eigenvalue weighted by atomic mass is 14.7. The summed E-state index contributed by atoms with van der Waals surface area (Å²) in [6.07, 6.45) is 8.40. The van der Waals surface area contributed by atoms with Crippen LogP contribution in [0, 0.1) is 0 Å². The first-order valence-electron chi connectivity index (χ1n) is 3.71. The summed E-state index contributed by atoms with van der Waals surface area (Å²) in [5.41, 5.74) is 2.51. The number of hydrogen-bond donors (Lipinski definition) is 0. The maximum atomic E-state index is 4.24. The van der Waals surface area contributed by atoms with Crippen molar-refractivity contribution in [2.45, 2.75) is 26.7 Å². The lowest BCUT2D eigenvalue weighted by atomic mass is 10.1. The van der Waals surface area contributed by atoms with Gasteiger partial charge in [0.2, 0.25) is 0 Å². The average molecular weight is 135 g/mol. The van der Waals surface area contributed by atoms with Crippen LogP contribution in [0.1, 0.15) is 26.7 Å². The second kappa shape index (κ2) is 3.35. The van der Waals surface area contributed by atoms with Crippen molar-refractivity contribution in [1.82, 2.24) is 0 Å². The van der Waals surface area contributed by atoms with Gasteiger partial charge in [0, 0.05) is 11.9 Å². The van der Waals surface area contributed by atoms with Crippen LogP contribution in [0.15, 0.2) is 28.9 Å². The van der Waals surface area contributed by atoms with Gasteiger partial charge in [-0.1, -0.05) is 13.0 Å². The third-order valence-corrected chi connectivity index (χ3v) is 1.64. The summed E-state index contributed by atoms with van der Waals surface area (Å²) >= 11 is 0. The smallest absolute Gasteiger partial charge is 0.0369 e. The van der Waals surface area contributed by atoms with Crippen molar-refractivity contribution in [2.24, 2.45) is 4.99 Å². The fourth-order valence-corrected chi connectivity index (χ4v) is 0.905. The number of hydrogen-bond acceptors (Lipinski definition) is 1. The monoisotopic (exact) mass is 135 g/mol. The molecule has 0 atom stereocenters. The number of nitrogens with zero attached hydrogens (tertiary/aromatic N) is 1. The zero-order valence-corrected chi connectivity index (χ0v) is 6.59. The number of rotatable bonds is 1. The molecular weight excluding hydrogens is 122 g/mol. The van der Waals surface area contributed by atoms with Crippen LogP contribution in [-0.2, 0) is 0 Å². The molecule has 54 valence electrons. The first-order chi connectivity index (χ1) is 4.83. The van der Waals surface area contributed by atoms with Crippen LogP contribution >= 0.6 is 0 Å². The van der Waals surface area contributed by atoms with E-state index in [0.29, 0.717) is 0 Å². The molecule has 0 aromatic rings. The molecule has 1 aliphatic heterocycles. The van der Waals surface area contributed by atoms with Crippen molar-refractivity contribution in [3.05, 3.63) is 23.9 Å². The molecule has 1 nitrogen and oxygen atoms in total. The van der Waals surface area contributed by atoms with Gasteiger partial charge in [0.25, 0.3) is 0 Å². The van der Waals surface area contributed by atoms with Crippen LogP contribution in [0.2, 0.25) is 0 Å². The van der Waals surface area contributed by atoms with Crippen LogP contribution < -0.4 is 0 Å². The highest BCUT2D eigenvalue weighted by molar-refractivity contribution is 5.93. The molecule has 1 aliphatic rings. The molecule has 1 rings (SSSR count). The Kier molecular flexibility index (Phi) is 2.43. The molecule has 0 aromatic carbocycles. The normalized spacial score (nSPS) is 17.8. The summed E-state index contributed by atoms with van der Waals surface area (Å²) in [4.78, 5) is 4.24. The van der Waals surface area contributed by atoms with Crippen molar-refractivity contribution in [3.63, 3.8) is 0 Å². The van der Waals surface area contributed by atoms with Gasteiger partial charge in [0.1, 0.15) is 0 Å². The Morgan fingerprint density at radius 2 is 2.40 bits per heavy atom. The van der Waals surface area contributed by atoms with E-state index >= 15 is 0 Å². The summed E-state index contributed by atoms with van der Waals surface area (Å²) in [5.74, 6) is 0. The lowest BCUT2D eigenvalue weighted by molar-refractivity contribution is 1.02. The zero-order valence-electron chi connectivity index (χ0n) is 6.59. The van der Waals surface area contributed by atoms with E-state index in [0.717, 1.165) is 18.6 Å². The van der Waals surface area contributed by atoms with E-state index in [-0.39, 0.29) is 0 Å². The fraction of sp³-hybridized carbons (Fsp3) is 0.444. The first kappa shape index (κ1) is 7.26. The largest absolute Gasteiger partial charge is 0.262 e. The lowest BCUT2D eigenvalue weighted by Gasteiger charge is -1.93. The molecule has 1 heteroatoms. The van der Waals surface area contributed by atoms with E-state index in [1.54, 1.807) is 0 Å². The molecule has 0 fully saturated rings. The molecule has 0 spiro atoms. The van der Waals surface area contributed by atoms with Gasteiger partial charge in [0.05, 0.1) is 0 Å². The topological polar surface area (TPSA) is 12.4 Å². The lowest BCUT2D eigenvalue weighted by Crippen LogP contribution is -1.78. The number of allylic oxidation sites excluding steroid dienone is 3. The van der Waals surface area contributed by atoms with Crippen molar-refractivity contribution in [2.75, 3.05) is 0 Å². The summed E-state index contributed by atoms with van der Waals surface area (Å²) in [7, 11) is 0. The van der Waals surface area contributed by atoms with Gasteiger partial charge >= 0.3 is 0 Å². The van der Waals surface area contributed by atoms with Gasteiger partial charge in [-0.2, -0.15) is 0 Å². The average Bonchev–Trinajstić information content (AvgIpc) is 2.14. The molecule has 0 amide bonds. The summed E-state index contributed by atoms with van der Waals surface area (Å²) in [5, 5.41) is 0. The van der Waals surface area contributed by atoms with E-state index in [4.69, 9.17) is 0 Å². The standard InChI is InChI=1S/C9H13N/c1-3-9-6-4-5-8(2)10-7-9/h4-5,7H,3,6H2,1-2H3. The minimum absolute atomic E-state index is 1.07. The quantitative estimate of drug-likeness (QED) is 0.524. The van der Waals surface area contributed by atoms with Gasteiger partial charge in [-0.25, -0.2) is 0 Å². The Bertz CT molecular complexity index is 197. The predicted octanol–water partition coefficient (Wildman–Crippen LogP) is 2.70. The van der Waals surface area contributed by atoms with Crippen molar-refractivity contribution >= 4 is 5.71 Å². The molecule has 0 bridgehead atoms. The second-order valence-corrected chi connectivity index (χ2v) is 2.52. The predicted molar refractivity (Wildman–Crippen MR) is 45.2 cm³/mol. The van der Waals surface area contributed by atoms with Crippen LogP contribution in [0.25, 0.3) is 0 Å². The Hall–Kier alpha value is -0.850.